The topological polar surface area (TPSA) is 96.7 Å². The Morgan fingerprint density at radius 1 is 1.29 bits per heavy atom. The number of hydrogen-bond acceptors (Lipinski definition) is 7. The molecular formula is C20H22N4O4. The molecule has 2 heterocycles. The molecule has 1 N–H and O–H groups in total. The van der Waals surface area contributed by atoms with Gasteiger partial charge in [-0.2, -0.15) is 5.26 Å². The van der Waals surface area contributed by atoms with Crippen LogP contribution in [0, 0.1) is 11.3 Å². The summed E-state index contributed by atoms with van der Waals surface area (Å²) >= 11 is 0. The maximum absolute atomic E-state index is 12.1. The Bertz CT molecular complexity index is 860. The molecule has 0 atom stereocenters. The van der Waals surface area contributed by atoms with E-state index in [1.54, 1.807) is 24.4 Å². The number of hydrogen-bond donors (Lipinski definition) is 1. The van der Waals surface area contributed by atoms with E-state index in [2.05, 4.69) is 15.2 Å². The van der Waals surface area contributed by atoms with Crippen molar-refractivity contribution in [1.29, 1.82) is 5.26 Å². The molecule has 0 saturated carbocycles. The van der Waals surface area contributed by atoms with Gasteiger partial charge in [0.1, 0.15) is 5.82 Å². The highest BCUT2D eigenvalue weighted by molar-refractivity contribution is 5.77. The molecule has 0 unspecified atom stereocenters. The van der Waals surface area contributed by atoms with Crippen molar-refractivity contribution in [1.82, 2.24) is 10.3 Å². The molecule has 146 valence electrons. The summed E-state index contributed by atoms with van der Waals surface area (Å²) < 4.78 is 16.1. The van der Waals surface area contributed by atoms with Crippen molar-refractivity contribution in [2.75, 3.05) is 44.9 Å². The van der Waals surface area contributed by atoms with Gasteiger partial charge in [0.2, 0.25) is 0 Å². The summed E-state index contributed by atoms with van der Waals surface area (Å²) in [4.78, 5) is 18.7. The molecule has 1 aliphatic rings. The lowest BCUT2D eigenvalue weighted by atomic mass is 10.2. The van der Waals surface area contributed by atoms with Gasteiger partial charge in [-0.05, 0) is 29.8 Å². The third-order valence-electron chi connectivity index (χ3n) is 4.29. The van der Waals surface area contributed by atoms with Gasteiger partial charge in [0.05, 0.1) is 32.0 Å². The lowest BCUT2D eigenvalue weighted by molar-refractivity contribution is -0.123. The van der Waals surface area contributed by atoms with Crippen LogP contribution in [0.2, 0.25) is 0 Å². The van der Waals surface area contributed by atoms with Crippen molar-refractivity contribution < 1.29 is 19.0 Å². The van der Waals surface area contributed by atoms with E-state index in [9.17, 15) is 4.79 Å². The van der Waals surface area contributed by atoms with E-state index in [0.717, 1.165) is 24.5 Å². The smallest absolute Gasteiger partial charge is 0.258 e. The lowest BCUT2D eigenvalue weighted by Gasteiger charge is -2.28. The minimum atomic E-state index is -0.254. The Kier molecular flexibility index (Phi) is 6.65. The van der Waals surface area contributed by atoms with Crippen molar-refractivity contribution in [2.24, 2.45) is 0 Å². The predicted octanol–water partition coefficient (Wildman–Crippen LogP) is 1.49. The van der Waals surface area contributed by atoms with Gasteiger partial charge < -0.3 is 24.4 Å². The fraction of sp³-hybridized carbons (Fsp3) is 0.350. The highest BCUT2D eigenvalue weighted by Crippen LogP contribution is 2.27. The number of pyridine rings is 1. The fourth-order valence-corrected chi connectivity index (χ4v) is 2.79. The molecule has 0 spiro atoms. The minimum absolute atomic E-state index is 0.149. The summed E-state index contributed by atoms with van der Waals surface area (Å²) in [6.45, 7) is 3.24. The van der Waals surface area contributed by atoms with E-state index in [1.807, 2.05) is 18.2 Å². The fourth-order valence-electron chi connectivity index (χ4n) is 2.79. The zero-order valence-electron chi connectivity index (χ0n) is 15.7. The third-order valence-corrected chi connectivity index (χ3v) is 4.29. The highest BCUT2D eigenvalue weighted by atomic mass is 16.5. The Morgan fingerprint density at radius 3 is 2.86 bits per heavy atom. The number of benzene rings is 1. The number of amides is 1. The first-order chi connectivity index (χ1) is 13.7. The predicted molar refractivity (Wildman–Crippen MR) is 102 cm³/mol. The van der Waals surface area contributed by atoms with E-state index in [4.69, 9.17) is 19.5 Å². The summed E-state index contributed by atoms with van der Waals surface area (Å²) in [5.41, 5.74) is 1.42. The van der Waals surface area contributed by atoms with Gasteiger partial charge in [0, 0.05) is 31.9 Å². The maximum atomic E-state index is 12.1. The van der Waals surface area contributed by atoms with Gasteiger partial charge in [-0.15, -0.1) is 0 Å². The molecule has 1 amide bonds. The standard InChI is InChI=1S/C20H22N4O4/c1-26-18-10-15(12-21)2-3-17(18)28-14-20(25)23-13-16-4-5-22-19(11-16)24-6-8-27-9-7-24/h2-5,10-11H,6-9,13-14H2,1H3,(H,23,25). The molecule has 1 aromatic heterocycles. The molecule has 1 saturated heterocycles. The first kappa shape index (κ1) is 19.5. The number of carbonyl (C=O) groups excluding carboxylic acids is 1. The van der Waals surface area contributed by atoms with Gasteiger partial charge in [0.15, 0.2) is 18.1 Å². The zero-order valence-corrected chi connectivity index (χ0v) is 15.7. The van der Waals surface area contributed by atoms with E-state index in [0.29, 0.717) is 36.8 Å². The number of rotatable bonds is 7. The Morgan fingerprint density at radius 2 is 2.11 bits per heavy atom. The van der Waals surface area contributed by atoms with E-state index >= 15 is 0 Å². The van der Waals surface area contributed by atoms with Crippen LogP contribution in [-0.2, 0) is 16.1 Å². The Labute approximate surface area is 163 Å². The van der Waals surface area contributed by atoms with Crippen molar-refractivity contribution in [3.8, 4) is 17.6 Å². The molecule has 1 aliphatic heterocycles. The molecule has 2 aromatic rings. The van der Waals surface area contributed by atoms with E-state index in [-0.39, 0.29) is 12.5 Å². The van der Waals surface area contributed by atoms with Crippen molar-refractivity contribution in [3.63, 3.8) is 0 Å². The van der Waals surface area contributed by atoms with Gasteiger partial charge in [0.25, 0.3) is 5.91 Å². The number of methoxy groups -OCH3 is 1. The average molecular weight is 382 g/mol. The van der Waals surface area contributed by atoms with Crippen LogP contribution in [0.25, 0.3) is 0 Å². The molecule has 0 radical (unpaired) electrons. The Hall–Kier alpha value is -3.31. The van der Waals surface area contributed by atoms with Crippen molar-refractivity contribution in [2.45, 2.75) is 6.54 Å². The number of ether oxygens (including phenoxy) is 3. The molecule has 28 heavy (non-hydrogen) atoms. The highest BCUT2D eigenvalue weighted by Gasteiger charge is 2.13. The Balaban J connectivity index is 1.51. The summed E-state index contributed by atoms with van der Waals surface area (Å²) in [7, 11) is 1.49. The van der Waals surface area contributed by atoms with Crippen LogP contribution < -0.4 is 19.7 Å². The summed E-state index contributed by atoms with van der Waals surface area (Å²) in [6, 6.07) is 10.7. The van der Waals surface area contributed by atoms with Crippen LogP contribution in [0.5, 0.6) is 11.5 Å². The molecule has 0 bridgehead atoms. The lowest BCUT2D eigenvalue weighted by Crippen LogP contribution is -2.36. The monoisotopic (exact) mass is 382 g/mol. The second-order valence-electron chi connectivity index (χ2n) is 6.16. The summed E-state index contributed by atoms with van der Waals surface area (Å²) in [5, 5.41) is 11.8. The SMILES string of the molecule is COc1cc(C#N)ccc1OCC(=O)NCc1ccnc(N2CCOCC2)c1. The second kappa shape index (κ2) is 9.58. The van der Waals surface area contributed by atoms with Crippen LogP contribution in [0.15, 0.2) is 36.5 Å². The summed E-state index contributed by atoms with van der Waals surface area (Å²) in [6.07, 6.45) is 1.74. The molecular weight excluding hydrogens is 360 g/mol. The van der Waals surface area contributed by atoms with Crippen molar-refractivity contribution >= 4 is 11.7 Å². The number of morpholine rings is 1. The van der Waals surface area contributed by atoms with Gasteiger partial charge in [-0.3, -0.25) is 4.79 Å². The number of carbonyl (C=O) groups is 1. The molecule has 8 nitrogen and oxygen atoms in total. The first-order valence-corrected chi connectivity index (χ1v) is 8.95. The normalized spacial score (nSPS) is 13.5. The zero-order chi connectivity index (χ0) is 19.8. The average Bonchev–Trinajstić information content (AvgIpc) is 2.77. The molecule has 0 aliphatic carbocycles. The number of nitrogens with one attached hydrogen (secondary N) is 1. The molecule has 1 fully saturated rings. The third kappa shape index (κ3) is 5.11. The largest absolute Gasteiger partial charge is 0.493 e. The van der Waals surface area contributed by atoms with Gasteiger partial charge >= 0.3 is 0 Å². The van der Waals surface area contributed by atoms with E-state index < -0.39 is 0 Å². The molecule has 8 heteroatoms. The van der Waals surface area contributed by atoms with Crippen molar-refractivity contribution in [3.05, 3.63) is 47.7 Å². The quantitative estimate of drug-likeness (QED) is 0.775. The number of nitrogens with zero attached hydrogens (tertiary/aromatic N) is 3. The second-order valence-corrected chi connectivity index (χ2v) is 6.16. The van der Waals surface area contributed by atoms with Crippen LogP contribution in [0.3, 0.4) is 0 Å². The van der Waals surface area contributed by atoms with Gasteiger partial charge in [-0.25, -0.2) is 4.98 Å². The number of nitriles is 1. The van der Waals surface area contributed by atoms with Crippen LogP contribution in [0.4, 0.5) is 5.82 Å². The summed E-state index contributed by atoms with van der Waals surface area (Å²) in [5.74, 6) is 1.45. The van der Waals surface area contributed by atoms with Gasteiger partial charge in [-0.1, -0.05) is 0 Å². The number of aromatic nitrogens is 1. The maximum Gasteiger partial charge on any atom is 0.258 e. The van der Waals surface area contributed by atoms with Crippen LogP contribution in [-0.4, -0.2) is 50.9 Å². The molecule has 1 aromatic carbocycles. The molecule has 3 rings (SSSR count). The first-order valence-electron chi connectivity index (χ1n) is 8.95. The van der Waals surface area contributed by atoms with Crippen LogP contribution in [0.1, 0.15) is 11.1 Å². The minimum Gasteiger partial charge on any atom is -0.493 e. The number of anilines is 1. The van der Waals surface area contributed by atoms with Crippen LogP contribution >= 0.6 is 0 Å². The van der Waals surface area contributed by atoms with E-state index in [1.165, 1.54) is 7.11 Å².